The van der Waals surface area contributed by atoms with Gasteiger partial charge in [-0.15, -0.1) is 0 Å². The molecule has 0 bridgehead atoms. The summed E-state index contributed by atoms with van der Waals surface area (Å²) in [5.74, 6) is 0.589. The highest BCUT2D eigenvalue weighted by Gasteiger charge is 2.23. The van der Waals surface area contributed by atoms with Crippen molar-refractivity contribution in [3.05, 3.63) is 53.8 Å². The van der Waals surface area contributed by atoms with Gasteiger partial charge >= 0.3 is 0 Å². The summed E-state index contributed by atoms with van der Waals surface area (Å²) in [6.07, 6.45) is 0.660. The lowest BCUT2D eigenvalue weighted by molar-refractivity contribution is 0.402. The summed E-state index contributed by atoms with van der Waals surface area (Å²) < 4.78 is 32.8. The van der Waals surface area contributed by atoms with Gasteiger partial charge in [0.25, 0.3) is 10.0 Å². The fraction of sp³-hybridized carbons (Fsp3) is 0.333. The fourth-order valence-electron chi connectivity index (χ4n) is 2.09. The van der Waals surface area contributed by atoms with Crippen LogP contribution in [0, 0.1) is 0 Å². The smallest absolute Gasteiger partial charge is 0.274 e. The first-order chi connectivity index (χ1) is 10.1. The average Bonchev–Trinajstić information content (AvgIpc) is 2.96. The molecule has 2 aromatic rings. The summed E-state index contributed by atoms with van der Waals surface area (Å²) >= 11 is 0. The Bertz CT molecular complexity index is 665. The molecule has 1 atom stereocenters. The summed E-state index contributed by atoms with van der Waals surface area (Å²) in [6, 6.07) is 12.4. The van der Waals surface area contributed by atoms with Crippen molar-refractivity contribution >= 4 is 10.0 Å². The van der Waals surface area contributed by atoms with Crippen molar-refractivity contribution < 1.29 is 12.8 Å². The molecule has 0 amide bonds. The van der Waals surface area contributed by atoms with Crippen LogP contribution < -0.4 is 10.0 Å². The lowest BCUT2D eigenvalue weighted by Gasteiger charge is -2.16. The van der Waals surface area contributed by atoms with Crippen molar-refractivity contribution in [2.75, 3.05) is 7.05 Å². The minimum Gasteiger partial charge on any atom is -0.447 e. The van der Waals surface area contributed by atoms with E-state index in [1.54, 1.807) is 13.1 Å². The number of furan rings is 1. The molecule has 0 spiro atoms. The van der Waals surface area contributed by atoms with E-state index in [0.717, 1.165) is 5.56 Å². The van der Waals surface area contributed by atoms with E-state index in [4.69, 9.17) is 4.42 Å². The second-order valence-electron chi connectivity index (χ2n) is 4.74. The van der Waals surface area contributed by atoms with E-state index in [2.05, 4.69) is 10.0 Å². The van der Waals surface area contributed by atoms with Crippen LogP contribution in [-0.2, 0) is 16.6 Å². The predicted octanol–water partition coefficient (Wildman–Crippen LogP) is 2.43. The van der Waals surface area contributed by atoms with Crippen LogP contribution in [-0.4, -0.2) is 15.5 Å². The van der Waals surface area contributed by atoms with E-state index in [9.17, 15) is 8.42 Å². The summed E-state index contributed by atoms with van der Waals surface area (Å²) in [5, 5.41) is 2.86. The summed E-state index contributed by atoms with van der Waals surface area (Å²) in [5.41, 5.74) is 0.936. The minimum atomic E-state index is -3.66. The van der Waals surface area contributed by atoms with Gasteiger partial charge < -0.3 is 9.73 Å². The van der Waals surface area contributed by atoms with E-state index in [1.165, 1.54) is 6.07 Å². The molecule has 1 aromatic heterocycles. The van der Waals surface area contributed by atoms with E-state index in [0.29, 0.717) is 18.7 Å². The second-order valence-corrected chi connectivity index (χ2v) is 6.39. The molecule has 5 nitrogen and oxygen atoms in total. The highest BCUT2D eigenvalue weighted by molar-refractivity contribution is 7.89. The molecular formula is C15H20N2O3S. The third-order valence-corrected chi connectivity index (χ3v) is 4.50. The Labute approximate surface area is 125 Å². The number of hydrogen-bond acceptors (Lipinski definition) is 4. The van der Waals surface area contributed by atoms with Gasteiger partial charge in [0, 0.05) is 6.04 Å². The maximum Gasteiger partial charge on any atom is 0.274 e. The maximum absolute atomic E-state index is 12.4. The number of hydrogen-bond donors (Lipinski definition) is 2. The average molecular weight is 308 g/mol. The van der Waals surface area contributed by atoms with Crippen molar-refractivity contribution in [1.29, 1.82) is 0 Å². The van der Waals surface area contributed by atoms with Crippen molar-refractivity contribution in [3.63, 3.8) is 0 Å². The van der Waals surface area contributed by atoms with Crippen LogP contribution in [0.4, 0.5) is 0 Å². The van der Waals surface area contributed by atoms with Gasteiger partial charge in [-0.1, -0.05) is 37.3 Å². The molecule has 21 heavy (non-hydrogen) atoms. The molecule has 2 rings (SSSR count). The summed E-state index contributed by atoms with van der Waals surface area (Å²) in [6.45, 7) is 2.43. The van der Waals surface area contributed by atoms with Gasteiger partial charge in [-0.2, -0.15) is 0 Å². The van der Waals surface area contributed by atoms with Crippen LogP contribution in [0.25, 0.3) is 0 Å². The van der Waals surface area contributed by atoms with Crippen LogP contribution in [0.2, 0.25) is 0 Å². The molecule has 0 aliphatic heterocycles. The summed E-state index contributed by atoms with van der Waals surface area (Å²) in [4.78, 5) is 0. The fourth-order valence-corrected chi connectivity index (χ4v) is 3.35. The van der Waals surface area contributed by atoms with Crippen LogP contribution >= 0.6 is 0 Å². The van der Waals surface area contributed by atoms with Crippen molar-refractivity contribution in [2.45, 2.75) is 31.0 Å². The quantitative estimate of drug-likeness (QED) is 0.824. The summed E-state index contributed by atoms with van der Waals surface area (Å²) in [7, 11) is -1.89. The molecule has 0 radical (unpaired) electrons. The molecule has 0 saturated carbocycles. The molecule has 1 heterocycles. The maximum atomic E-state index is 12.4. The SMILES string of the molecule is CCC(NS(=O)(=O)c1ccc(CNC)o1)c1ccccc1. The van der Waals surface area contributed by atoms with E-state index in [1.807, 2.05) is 37.3 Å². The number of rotatable bonds is 7. The first kappa shape index (κ1) is 15.8. The van der Waals surface area contributed by atoms with Gasteiger partial charge in [-0.3, -0.25) is 0 Å². The van der Waals surface area contributed by atoms with Gasteiger partial charge in [0.2, 0.25) is 5.09 Å². The zero-order chi connectivity index (χ0) is 15.3. The van der Waals surface area contributed by atoms with E-state index in [-0.39, 0.29) is 11.1 Å². The second kappa shape index (κ2) is 6.89. The van der Waals surface area contributed by atoms with Crippen LogP contribution in [0.3, 0.4) is 0 Å². The molecule has 1 unspecified atom stereocenters. The lowest BCUT2D eigenvalue weighted by atomic mass is 10.1. The molecule has 0 aliphatic rings. The van der Waals surface area contributed by atoms with Gasteiger partial charge in [0.05, 0.1) is 6.54 Å². The molecule has 0 saturated heterocycles. The zero-order valence-corrected chi connectivity index (χ0v) is 13.0. The molecule has 2 N–H and O–H groups in total. The normalized spacial score (nSPS) is 13.2. The van der Waals surface area contributed by atoms with Crippen LogP contribution in [0.1, 0.15) is 30.7 Å². The van der Waals surface area contributed by atoms with Crippen LogP contribution in [0.15, 0.2) is 52.0 Å². The minimum absolute atomic E-state index is 0.0536. The Morgan fingerprint density at radius 1 is 1.14 bits per heavy atom. The Balaban J connectivity index is 2.19. The molecular weight excluding hydrogens is 288 g/mol. The van der Waals surface area contributed by atoms with Gasteiger partial charge in [0.1, 0.15) is 5.76 Å². The van der Waals surface area contributed by atoms with Crippen molar-refractivity contribution in [1.82, 2.24) is 10.0 Å². The Hall–Kier alpha value is -1.63. The molecule has 114 valence electrons. The highest BCUT2D eigenvalue weighted by Crippen LogP contribution is 2.21. The monoisotopic (exact) mass is 308 g/mol. The topological polar surface area (TPSA) is 71.3 Å². The van der Waals surface area contributed by atoms with Crippen molar-refractivity contribution in [3.8, 4) is 0 Å². The Kier molecular flexibility index (Phi) is 5.17. The third kappa shape index (κ3) is 3.93. The lowest BCUT2D eigenvalue weighted by Crippen LogP contribution is -2.28. The zero-order valence-electron chi connectivity index (χ0n) is 12.2. The Morgan fingerprint density at radius 3 is 2.48 bits per heavy atom. The molecule has 1 aromatic carbocycles. The first-order valence-electron chi connectivity index (χ1n) is 6.87. The van der Waals surface area contributed by atoms with Crippen LogP contribution in [0.5, 0.6) is 0 Å². The van der Waals surface area contributed by atoms with E-state index < -0.39 is 10.0 Å². The number of nitrogens with one attached hydrogen (secondary N) is 2. The third-order valence-electron chi connectivity index (χ3n) is 3.16. The first-order valence-corrected chi connectivity index (χ1v) is 8.35. The molecule has 0 aliphatic carbocycles. The van der Waals surface area contributed by atoms with E-state index >= 15 is 0 Å². The highest BCUT2D eigenvalue weighted by atomic mass is 32.2. The molecule has 0 fully saturated rings. The largest absolute Gasteiger partial charge is 0.447 e. The van der Waals surface area contributed by atoms with Crippen molar-refractivity contribution in [2.24, 2.45) is 0 Å². The predicted molar refractivity (Wildman–Crippen MR) is 81.3 cm³/mol. The number of benzene rings is 1. The van der Waals surface area contributed by atoms with Gasteiger partial charge in [-0.05, 0) is 31.2 Å². The van der Waals surface area contributed by atoms with Gasteiger partial charge in [-0.25, -0.2) is 13.1 Å². The molecule has 6 heteroatoms. The standard InChI is InChI=1S/C15H20N2O3S/c1-3-14(12-7-5-4-6-8-12)17-21(18,19)15-10-9-13(20-15)11-16-2/h4-10,14,16-17H,3,11H2,1-2H3. The Morgan fingerprint density at radius 2 is 1.86 bits per heavy atom. The number of sulfonamides is 1. The van der Waals surface area contributed by atoms with Gasteiger partial charge in [0.15, 0.2) is 0 Å².